The van der Waals surface area contributed by atoms with Gasteiger partial charge in [-0.25, -0.2) is 8.78 Å². The predicted octanol–water partition coefficient (Wildman–Crippen LogP) is 1.85. The van der Waals surface area contributed by atoms with Gasteiger partial charge in [0.15, 0.2) is 0 Å². The van der Waals surface area contributed by atoms with Crippen LogP contribution in [0.1, 0.15) is 5.56 Å². The van der Waals surface area contributed by atoms with Crippen LogP contribution in [-0.2, 0) is 11.3 Å². The highest BCUT2D eigenvalue weighted by Crippen LogP contribution is 2.25. The SMILES string of the molecule is OB1OCc2cc(F)c(-c3cccc(F)c3)cc21. The fourth-order valence-electron chi connectivity index (χ4n) is 2.12. The zero-order valence-electron chi connectivity index (χ0n) is 9.36. The third-order valence-corrected chi connectivity index (χ3v) is 3.03. The van der Waals surface area contributed by atoms with E-state index >= 15 is 0 Å². The van der Waals surface area contributed by atoms with Crippen molar-refractivity contribution in [3.63, 3.8) is 0 Å². The molecule has 2 aromatic carbocycles. The molecule has 18 heavy (non-hydrogen) atoms. The number of hydrogen-bond donors (Lipinski definition) is 1. The van der Waals surface area contributed by atoms with Crippen LogP contribution in [-0.4, -0.2) is 12.1 Å². The van der Waals surface area contributed by atoms with Crippen LogP contribution in [0.25, 0.3) is 11.1 Å². The molecule has 5 heteroatoms. The zero-order valence-corrected chi connectivity index (χ0v) is 9.36. The number of fused-ring (bicyclic) bond motifs is 1. The quantitative estimate of drug-likeness (QED) is 0.778. The molecule has 0 spiro atoms. The van der Waals surface area contributed by atoms with E-state index in [1.54, 1.807) is 6.07 Å². The molecule has 1 aliphatic rings. The van der Waals surface area contributed by atoms with Crippen molar-refractivity contribution < 1.29 is 18.5 Å². The van der Waals surface area contributed by atoms with Crippen LogP contribution in [0.4, 0.5) is 8.78 Å². The van der Waals surface area contributed by atoms with Crippen LogP contribution in [0.3, 0.4) is 0 Å². The van der Waals surface area contributed by atoms with Gasteiger partial charge in [0.25, 0.3) is 0 Å². The Balaban J connectivity index is 2.16. The highest BCUT2D eigenvalue weighted by molar-refractivity contribution is 6.61. The van der Waals surface area contributed by atoms with Gasteiger partial charge in [-0.1, -0.05) is 18.2 Å². The first kappa shape index (κ1) is 11.4. The third-order valence-electron chi connectivity index (χ3n) is 3.03. The van der Waals surface area contributed by atoms with Crippen molar-refractivity contribution in [2.24, 2.45) is 0 Å². The first-order valence-electron chi connectivity index (χ1n) is 5.53. The van der Waals surface area contributed by atoms with Crippen molar-refractivity contribution in [2.45, 2.75) is 6.61 Å². The van der Waals surface area contributed by atoms with E-state index in [1.165, 1.54) is 30.3 Å². The van der Waals surface area contributed by atoms with Gasteiger partial charge in [0.05, 0.1) is 6.61 Å². The molecule has 0 saturated heterocycles. The lowest BCUT2D eigenvalue weighted by atomic mass is 9.78. The Kier molecular flexibility index (Phi) is 2.65. The van der Waals surface area contributed by atoms with E-state index < -0.39 is 18.8 Å². The molecule has 2 nitrogen and oxygen atoms in total. The number of hydrogen-bond acceptors (Lipinski definition) is 2. The third kappa shape index (κ3) is 1.81. The van der Waals surface area contributed by atoms with Crippen LogP contribution in [0.5, 0.6) is 0 Å². The fourth-order valence-corrected chi connectivity index (χ4v) is 2.12. The second-order valence-electron chi connectivity index (χ2n) is 4.20. The Labute approximate surface area is 103 Å². The minimum atomic E-state index is -1.03. The number of halogens is 2. The topological polar surface area (TPSA) is 29.5 Å². The van der Waals surface area contributed by atoms with Gasteiger partial charge >= 0.3 is 7.12 Å². The van der Waals surface area contributed by atoms with E-state index in [2.05, 4.69) is 0 Å². The molecule has 1 aliphatic heterocycles. The summed E-state index contributed by atoms with van der Waals surface area (Å²) in [6, 6.07) is 8.53. The summed E-state index contributed by atoms with van der Waals surface area (Å²) in [6.07, 6.45) is 0. The Morgan fingerprint density at radius 1 is 1.17 bits per heavy atom. The van der Waals surface area contributed by atoms with Crippen molar-refractivity contribution in [1.82, 2.24) is 0 Å². The average molecular weight is 246 g/mol. The smallest absolute Gasteiger partial charge is 0.423 e. The molecule has 0 saturated carbocycles. The molecule has 1 heterocycles. The molecule has 2 aromatic rings. The molecule has 0 aromatic heterocycles. The summed E-state index contributed by atoms with van der Waals surface area (Å²) in [5.41, 5.74) is 1.86. The summed E-state index contributed by atoms with van der Waals surface area (Å²) in [5, 5.41) is 9.58. The zero-order chi connectivity index (χ0) is 12.7. The molecule has 0 aliphatic carbocycles. The first-order valence-corrected chi connectivity index (χ1v) is 5.53. The summed E-state index contributed by atoms with van der Waals surface area (Å²) >= 11 is 0. The van der Waals surface area contributed by atoms with Gasteiger partial charge in [0, 0.05) is 5.56 Å². The fraction of sp³-hybridized carbons (Fsp3) is 0.0769. The van der Waals surface area contributed by atoms with Crippen LogP contribution >= 0.6 is 0 Å². The normalized spacial score (nSPS) is 13.8. The van der Waals surface area contributed by atoms with Gasteiger partial charge in [0.2, 0.25) is 0 Å². The molecule has 0 unspecified atom stereocenters. The Hall–Kier alpha value is -1.72. The molecule has 0 bridgehead atoms. The lowest BCUT2D eigenvalue weighted by molar-refractivity contribution is 0.275. The number of rotatable bonds is 1. The van der Waals surface area contributed by atoms with Crippen molar-refractivity contribution in [2.75, 3.05) is 0 Å². The van der Waals surface area contributed by atoms with E-state index in [9.17, 15) is 13.8 Å². The maximum absolute atomic E-state index is 13.9. The highest BCUT2D eigenvalue weighted by atomic mass is 19.1. The summed E-state index contributed by atoms with van der Waals surface area (Å²) < 4.78 is 32.1. The predicted molar refractivity (Wildman–Crippen MR) is 64.2 cm³/mol. The Bertz CT molecular complexity index is 616. The number of benzene rings is 2. The molecule has 0 atom stereocenters. The van der Waals surface area contributed by atoms with Crippen molar-refractivity contribution >= 4 is 12.6 Å². The Morgan fingerprint density at radius 3 is 2.78 bits per heavy atom. The van der Waals surface area contributed by atoms with Gasteiger partial charge in [-0.2, -0.15) is 0 Å². The van der Waals surface area contributed by atoms with Crippen molar-refractivity contribution in [3.05, 3.63) is 53.6 Å². The van der Waals surface area contributed by atoms with Gasteiger partial charge in [-0.3, -0.25) is 0 Å². The van der Waals surface area contributed by atoms with Crippen LogP contribution < -0.4 is 5.46 Å². The first-order chi connectivity index (χ1) is 8.65. The Morgan fingerprint density at radius 2 is 2.00 bits per heavy atom. The molecule has 3 rings (SSSR count). The van der Waals surface area contributed by atoms with Crippen LogP contribution in [0, 0.1) is 11.6 Å². The minimum Gasteiger partial charge on any atom is -0.423 e. The van der Waals surface area contributed by atoms with E-state index in [4.69, 9.17) is 4.65 Å². The lowest BCUT2D eigenvalue weighted by Gasteiger charge is -2.07. The molecule has 1 N–H and O–H groups in total. The molecular weight excluding hydrogens is 237 g/mol. The largest absolute Gasteiger partial charge is 0.491 e. The summed E-state index contributed by atoms with van der Waals surface area (Å²) in [4.78, 5) is 0. The molecule has 0 amide bonds. The minimum absolute atomic E-state index is 0.191. The maximum atomic E-state index is 13.9. The summed E-state index contributed by atoms with van der Waals surface area (Å²) in [7, 11) is -1.03. The van der Waals surface area contributed by atoms with Gasteiger partial charge < -0.3 is 9.68 Å². The molecule has 0 radical (unpaired) electrons. The van der Waals surface area contributed by atoms with Crippen LogP contribution in [0.15, 0.2) is 36.4 Å². The molecule has 90 valence electrons. The van der Waals surface area contributed by atoms with E-state index in [-0.39, 0.29) is 12.2 Å². The van der Waals surface area contributed by atoms with Crippen LogP contribution in [0.2, 0.25) is 0 Å². The van der Waals surface area contributed by atoms with Crippen molar-refractivity contribution in [3.8, 4) is 11.1 Å². The molecule has 0 fully saturated rings. The van der Waals surface area contributed by atoms with E-state index in [0.29, 0.717) is 16.6 Å². The monoisotopic (exact) mass is 246 g/mol. The standard InChI is InChI=1S/C13H9BF2O2/c15-10-3-1-2-8(4-10)11-6-12-9(5-13(11)16)7-18-14(12)17/h1-6,17H,7H2. The highest BCUT2D eigenvalue weighted by Gasteiger charge is 2.28. The van der Waals surface area contributed by atoms with Gasteiger partial charge in [0.1, 0.15) is 11.6 Å². The average Bonchev–Trinajstić information content (AvgIpc) is 2.69. The van der Waals surface area contributed by atoms with Gasteiger partial charge in [-0.15, -0.1) is 0 Å². The van der Waals surface area contributed by atoms with E-state index in [0.717, 1.165) is 0 Å². The van der Waals surface area contributed by atoms with Gasteiger partial charge in [-0.05, 0) is 34.8 Å². The lowest BCUT2D eigenvalue weighted by Crippen LogP contribution is -2.28. The maximum Gasteiger partial charge on any atom is 0.491 e. The summed E-state index contributed by atoms with van der Waals surface area (Å²) in [5.74, 6) is -0.874. The second-order valence-corrected chi connectivity index (χ2v) is 4.20. The molecular formula is C13H9BF2O2. The summed E-state index contributed by atoms with van der Waals surface area (Å²) in [6.45, 7) is 0.191. The van der Waals surface area contributed by atoms with E-state index in [1.807, 2.05) is 0 Å². The second kappa shape index (κ2) is 4.19. The van der Waals surface area contributed by atoms with Crippen molar-refractivity contribution in [1.29, 1.82) is 0 Å².